The van der Waals surface area contributed by atoms with E-state index in [1.165, 1.54) is 94.6 Å². The minimum Gasteiger partial charge on any atom is -0.310 e. The van der Waals surface area contributed by atoms with Gasteiger partial charge in [-0.25, -0.2) is 0 Å². The fraction of sp³-hybridized carbons (Fsp3) is 0.0702. The molecule has 0 bridgehead atoms. The summed E-state index contributed by atoms with van der Waals surface area (Å²) in [6.45, 7) is 4.48. The van der Waals surface area contributed by atoms with Gasteiger partial charge < -0.3 is 4.90 Å². The van der Waals surface area contributed by atoms with Crippen LogP contribution in [0.3, 0.4) is 0 Å². The highest BCUT2D eigenvalue weighted by molar-refractivity contribution is 6.05. The summed E-state index contributed by atoms with van der Waals surface area (Å²) < 4.78 is 0. The summed E-state index contributed by atoms with van der Waals surface area (Å²) in [4.78, 5) is 6.95. The van der Waals surface area contributed by atoms with Crippen LogP contribution in [0.2, 0.25) is 0 Å². The van der Waals surface area contributed by atoms with Gasteiger partial charge in [-0.2, -0.15) is 0 Å². The first kappa shape index (κ1) is 32.8. The number of hydrogen-bond donors (Lipinski definition) is 0. The van der Waals surface area contributed by atoms with Crippen molar-refractivity contribution in [3.63, 3.8) is 0 Å². The molecule has 0 saturated carbocycles. The number of aromatic nitrogens is 1. The first-order chi connectivity index (χ1) is 29.1. The minimum atomic E-state index is -0.542. The lowest BCUT2D eigenvalue weighted by Crippen LogP contribution is -2.31. The summed E-state index contributed by atoms with van der Waals surface area (Å²) in [6, 6.07) is 68.8. The van der Waals surface area contributed by atoms with Gasteiger partial charge >= 0.3 is 0 Å². The molecule has 276 valence electrons. The molecule has 13 rings (SSSR count). The summed E-state index contributed by atoms with van der Waals surface area (Å²) in [6.07, 6.45) is 3.85. The highest BCUT2D eigenvalue weighted by atomic mass is 15.1. The van der Waals surface area contributed by atoms with Gasteiger partial charge in [-0.05, 0) is 151 Å². The van der Waals surface area contributed by atoms with E-state index >= 15 is 0 Å². The Morgan fingerprint density at radius 1 is 0.356 bits per heavy atom. The van der Waals surface area contributed by atoms with Gasteiger partial charge in [-0.1, -0.05) is 145 Å². The van der Waals surface area contributed by atoms with E-state index in [0.717, 1.165) is 22.6 Å². The van der Waals surface area contributed by atoms with Gasteiger partial charge in [0.1, 0.15) is 0 Å². The van der Waals surface area contributed by atoms with Crippen LogP contribution in [-0.4, -0.2) is 4.98 Å². The molecule has 0 fully saturated rings. The number of aryl methyl sites for hydroxylation is 2. The molecule has 9 aromatic rings. The minimum absolute atomic E-state index is 0.401. The summed E-state index contributed by atoms with van der Waals surface area (Å²) in [7, 11) is 0. The van der Waals surface area contributed by atoms with Crippen molar-refractivity contribution in [1.82, 2.24) is 4.98 Å². The SMILES string of the molecule is Cc1ccc2c(c1)C1(c3cc(C)ccc3-2)c2cccc3c2-c2c1cccc2C31c2cc(-c3cccnc3)ccc2-c2ccc(N(c3ccccc3)c3ccccc3)cc21. The number of hydrogen-bond acceptors (Lipinski definition) is 2. The van der Waals surface area contributed by atoms with Gasteiger partial charge in [-0.3, -0.25) is 4.98 Å². The Morgan fingerprint density at radius 2 is 0.831 bits per heavy atom. The number of fused-ring (bicyclic) bond motifs is 14. The zero-order valence-electron chi connectivity index (χ0n) is 32.9. The molecule has 0 radical (unpaired) electrons. The standard InChI is InChI=1S/C57H38N2/c1-35-21-25-42-43-26-22-36(2)31-51(43)56(50(42)30-35)46-17-9-19-48-54(46)55-47(56)18-10-20-49(55)57(48)52-32-37(38-12-11-29-58-34-38)23-27-44(52)45-28-24-41(33-53(45)57)59(39-13-5-3-6-14-39)40-15-7-4-8-16-40/h3-34H,1-2H3. The van der Waals surface area contributed by atoms with Gasteiger partial charge in [0.05, 0.1) is 10.8 Å². The maximum absolute atomic E-state index is 4.55. The Morgan fingerprint density at radius 3 is 1.34 bits per heavy atom. The van der Waals surface area contributed by atoms with Crippen LogP contribution >= 0.6 is 0 Å². The van der Waals surface area contributed by atoms with Crippen LogP contribution in [-0.2, 0) is 10.8 Å². The van der Waals surface area contributed by atoms with Crippen LogP contribution < -0.4 is 4.90 Å². The molecule has 8 aromatic carbocycles. The molecule has 4 aliphatic carbocycles. The fourth-order valence-electron chi connectivity index (χ4n) is 11.7. The zero-order valence-corrected chi connectivity index (χ0v) is 32.9. The lowest BCUT2D eigenvalue weighted by molar-refractivity contribution is 0.755. The van der Waals surface area contributed by atoms with Crippen molar-refractivity contribution >= 4 is 17.1 Å². The zero-order chi connectivity index (χ0) is 39.0. The molecule has 59 heavy (non-hydrogen) atoms. The van der Waals surface area contributed by atoms with Crippen LogP contribution in [0.1, 0.15) is 55.6 Å². The molecule has 0 saturated heterocycles. The van der Waals surface area contributed by atoms with Gasteiger partial charge in [0.2, 0.25) is 0 Å². The third-order valence-corrected chi connectivity index (χ3v) is 13.8. The monoisotopic (exact) mass is 750 g/mol. The summed E-state index contributed by atoms with van der Waals surface area (Å²) in [5, 5.41) is 0. The van der Waals surface area contributed by atoms with Crippen molar-refractivity contribution in [3.8, 4) is 44.5 Å². The van der Waals surface area contributed by atoms with E-state index in [9.17, 15) is 0 Å². The molecule has 0 amide bonds. The van der Waals surface area contributed by atoms with Gasteiger partial charge in [0.15, 0.2) is 0 Å². The van der Waals surface area contributed by atoms with Crippen molar-refractivity contribution < 1.29 is 0 Å². The van der Waals surface area contributed by atoms with E-state index in [1.54, 1.807) is 0 Å². The molecule has 1 heterocycles. The molecule has 2 nitrogen and oxygen atoms in total. The molecule has 1 aromatic heterocycles. The maximum Gasteiger partial charge on any atom is 0.0726 e. The van der Waals surface area contributed by atoms with E-state index in [1.807, 2.05) is 18.5 Å². The van der Waals surface area contributed by atoms with Crippen molar-refractivity contribution in [2.45, 2.75) is 24.7 Å². The maximum atomic E-state index is 4.55. The molecule has 2 spiro atoms. The number of pyridine rings is 1. The second-order valence-electron chi connectivity index (χ2n) is 16.8. The second-order valence-corrected chi connectivity index (χ2v) is 16.8. The summed E-state index contributed by atoms with van der Waals surface area (Å²) in [5.41, 5.74) is 26.4. The third kappa shape index (κ3) is 4.03. The van der Waals surface area contributed by atoms with Gasteiger partial charge in [0, 0.05) is 29.5 Å². The lowest BCUT2D eigenvalue weighted by Gasteiger charge is -2.36. The predicted molar refractivity (Wildman–Crippen MR) is 241 cm³/mol. The van der Waals surface area contributed by atoms with E-state index in [0.29, 0.717) is 0 Å². The van der Waals surface area contributed by atoms with E-state index in [-0.39, 0.29) is 0 Å². The molecular formula is C57H38N2. The number of benzene rings is 8. The quantitative estimate of drug-likeness (QED) is 0.178. The van der Waals surface area contributed by atoms with Crippen molar-refractivity contribution in [2.24, 2.45) is 0 Å². The number of anilines is 3. The van der Waals surface area contributed by atoms with Crippen molar-refractivity contribution in [3.05, 3.63) is 250 Å². The number of nitrogens with zero attached hydrogens (tertiary/aromatic N) is 2. The Bertz CT molecular complexity index is 3090. The van der Waals surface area contributed by atoms with Crippen LogP contribution in [0, 0.1) is 13.8 Å². The van der Waals surface area contributed by atoms with Crippen molar-refractivity contribution in [1.29, 1.82) is 0 Å². The number of rotatable bonds is 4. The average molecular weight is 751 g/mol. The molecular weight excluding hydrogens is 713 g/mol. The van der Waals surface area contributed by atoms with Crippen LogP contribution in [0.5, 0.6) is 0 Å². The average Bonchev–Trinajstić information content (AvgIpc) is 3.96. The van der Waals surface area contributed by atoms with E-state index in [4.69, 9.17) is 0 Å². The Balaban J connectivity index is 1.14. The lowest BCUT2D eigenvalue weighted by atomic mass is 9.65. The molecule has 0 unspecified atom stereocenters. The normalized spacial score (nSPS) is 14.5. The first-order valence-electron chi connectivity index (χ1n) is 20.7. The molecule has 0 atom stereocenters. The van der Waals surface area contributed by atoms with Crippen LogP contribution in [0.15, 0.2) is 194 Å². The molecule has 0 N–H and O–H groups in total. The Kier molecular flexibility index (Phi) is 6.47. The van der Waals surface area contributed by atoms with Gasteiger partial charge in [-0.15, -0.1) is 0 Å². The first-order valence-corrected chi connectivity index (χ1v) is 20.7. The number of para-hydroxylation sites is 2. The third-order valence-electron chi connectivity index (χ3n) is 13.8. The van der Waals surface area contributed by atoms with E-state index in [2.05, 4.69) is 200 Å². The molecule has 4 aliphatic rings. The topological polar surface area (TPSA) is 16.1 Å². The Hall–Kier alpha value is -7.29. The van der Waals surface area contributed by atoms with E-state index < -0.39 is 10.8 Å². The van der Waals surface area contributed by atoms with Gasteiger partial charge in [0.25, 0.3) is 0 Å². The Labute approximate surface area is 344 Å². The largest absolute Gasteiger partial charge is 0.310 e. The molecule has 2 heteroatoms. The van der Waals surface area contributed by atoms with Crippen LogP contribution in [0.25, 0.3) is 44.5 Å². The predicted octanol–water partition coefficient (Wildman–Crippen LogP) is 13.9. The smallest absolute Gasteiger partial charge is 0.0726 e. The second kappa shape index (κ2) is 11.7. The summed E-state index contributed by atoms with van der Waals surface area (Å²) in [5.74, 6) is 0. The summed E-state index contributed by atoms with van der Waals surface area (Å²) >= 11 is 0. The highest BCUT2D eigenvalue weighted by Crippen LogP contribution is 2.72. The highest BCUT2D eigenvalue weighted by Gasteiger charge is 2.60. The molecule has 0 aliphatic heterocycles. The fourth-order valence-corrected chi connectivity index (χ4v) is 11.7. The van der Waals surface area contributed by atoms with Crippen LogP contribution in [0.4, 0.5) is 17.1 Å². The van der Waals surface area contributed by atoms with Crippen molar-refractivity contribution in [2.75, 3.05) is 4.90 Å².